The van der Waals surface area contributed by atoms with Crippen LogP contribution in [-0.2, 0) is 19.3 Å². The second-order valence-electron chi connectivity index (χ2n) is 8.64. The molecule has 0 bridgehead atoms. The van der Waals surface area contributed by atoms with Crippen molar-refractivity contribution >= 4 is 42.5 Å². The Morgan fingerprint density at radius 2 is 0.972 bits per heavy atom. The van der Waals surface area contributed by atoms with Gasteiger partial charge < -0.3 is 9.90 Å². The Morgan fingerprint density at radius 1 is 0.639 bits per heavy atom. The molecule has 2 nitrogen and oxygen atoms in total. The molecule has 0 fully saturated rings. The first kappa shape index (κ1) is 27.5. The summed E-state index contributed by atoms with van der Waals surface area (Å²) in [4.78, 5) is 10.3. The third-order valence-corrected chi connectivity index (χ3v) is 14.1. The standard InChI is InChI=1S/C9H8O2.3C8H9.Sn/c1-2-7-3-5-8(6-4-7)9(10)11;3*1-2-8-6-4-3-5-7-8;/h2-6H,1H2,(H,10,11);3*4-7H,2H2,1H3;/q;;;;+1/p-1. The van der Waals surface area contributed by atoms with Gasteiger partial charge in [0.2, 0.25) is 0 Å². The van der Waals surface area contributed by atoms with Crippen molar-refractivity contribution in [1.82, 2.24) is 0 Å². The second kappa shape index (κ2) is 13.8. The number of carbonyl (C=O) groups is 1. The molecule has 0 aliphatic rings. The van der Waals surface area contributed by atoms with Gasteiger partial charge in [-0.1, -0.05) is 36.9 Å². The van der Waals surface area contributed by atoms with Crippen molar-refractivity contribution in [3.8, 4) is 0 Å². The predicted octanol–water partition coefficient (Wildman–Crippen LogP) is 4.58. The Hall–Kier alpha value is -3.11. The molecule has 4 rings (SSSR count). The Kier molecular flexibility index (Phi) is 10.6. The van der Waals surface area contributed by atoms with Crippen LogP contribution in [0.3, 0.4) is 0 Å². The van der Waals surface area contributed by atoms with Crippen LogP contribution in [0.5, 0.6) is 0 Å². The van der Waals surface area contributed by atoms with Crippen LogP contribution in [0.1, 0.15) is 53.4 Å². The molecule has 0 aromatic heterocycles. The number of carboxylic acid groups (broad SMARTS) is 1. The minimum absolute atomic E-state index is 0.190. The fourth-order valence-electron chi connectivity index (χ4n) is 3.98. The first-order valence-corrected chi connectivity index (χ1v) is 16.9. The van der Waals surface area contributed by atoms with E-state index in [1.807, 2.05) is 0 Å². The van der Waals surface area contributed by atoms with Crippen LogP contribution in [0.4, 0.5) is 0 Å². The summed E-state index contributed by atoms with van der Waals surface area (Å²) in [5, 5.41) is 10.3. The van der Waals surface area contributed by atoms with E-state index in [1.165, 1.54) is 28.8 Å². The van der Waals surface area contributed by atoms with Crippen molar-refractivity contribution in [2.45, 2.75) is 40.0 Å². The Labute approximate surface area is 223 Å². The van der Waals surface area contributed by atoms with E-state index in [1.54, 1.807) is 28.9 Å². The summed E-state index contributed by atoms with van der Waals surface area (Å²) in [6.07, 6.45) is 4.97. The van der Waals surface area contributed by atoms with Crippen LogP contribution in [0, 0.1) is 0 Å². The fraction of sp³-hybridized carbons (Fsp3) is 0.182. The van der Waals surface area contributed by atoms with Gasteiger partial charge >= 0.3 is 160 Å². The first-order valence-electron chi connectivity index (χ1n) is 12.6. The molecule has 182 valence electrons. The van der Waals surface area contributed by atoms with Gasteiger partial charge in [-0.3, -0.25) is 0 Å². The van der Waals surface area contributed by atoms with Gasteiger partial charge in [-0.15, -0.1) is 0 Å². The summed E-state index contributed by atoms with van der Waals surface area (Å²) < 4.78 is 4.69. The second-order valence-corrected chi connectivity index (χ2v) is 15.7. The number of aryl methyl sites for hydroxylation is 3. The van der Waals surface area contributed by atoms with Crippen molar-refractivity contribution < 1.29 is 9.90 Å². The van der Waals surface area contributed by atoms with Gasteiger partial charge in [0.25, 0.3) is 0 Å². The SMILES string of the molecule is C=Cc1ccc(C(=O)[O-])cc1.CCc1cc[c]([Sn+]([c]2ccc(CC)cc2)[c]2ccc(CC)cc2)cc1. The van der Waals surface area contributed by atoms with Gasteiger partial charge in [-0.05, 0) is 11.1 Å². The van der Waals surface area contributed by atoms with Crippen molar-refractivity contribution in [3.63, 3.8) is 0 Å². The summed E-state index contributed by atoms with van der Waals surface area (Å²) in [5.74, 6) is -1.15. The predicted molar refractivity (Wildman–Crippen MR) is 153 cm³/mol. The number of carbonyl (C=O) groups excluding carboxylic acids is 1. The van der Waals surface area contributed by atoms with Gasteiger partial charge in [0.1, 0.15) is 0 Å². The third kappa shape index (κ3) is 7.44. The van der Waals surface area contributed by atoms with E-state index in [2.05, 4.69) is 100 Å². The molecule has 0 heterocycles. The molecule has 0 radical (unpaired) electrons. The number of carboxylic acids is 1. The van der Waals surface area contributed by atoms with Gasteiger partial charge in [0.05, 0.1) is 5.97 Å². The molecular weight excluding hydrogens is 547 g/mol. The van der Waals surface area contributed by atoms with E-state index in [0.29, 0.717) is 0 Å². The summed E-state index contributed by atoms with van der Waals surface area (Å²) >= 11 is -2.11. The zero-order chi connectivity index (χ0) is 25.9. The number of hydrogen-bond acceptors (Lipinski definition) is 2. The molecule has 3 heteroatoms. The molecule has 0 spiro atoms. The van der Waals surface area contributed by atoms with Crippen LogP contribution >= 0.6 is 0 Å². The van der Waals surface area contributed by atoms with E-state index < -0.39 is 25.7 Å². The molecule has 0 aliphatic heterocycles. The van der Waals surface area contributed by atoms with Crippen LogP contribution in [-0.4, -0.2) is 25.7 Å². The van der Waals surface area contributed by atoms with Gasteiger partial charge in [-0.25, -0.2) is 0 Å². The van der Waals surface area contributed by atoms with E-state index in [-0.39, 0.29) is 5.56 Å². The van der Waals surface area contributed by atoms with Gasteiger partial charge in [0.15, 0.2) is 0 Å². The molecule has 4 aromatic rings. The molecule has 0 aliphatic carbocycles. The molecule has 0 atom stereocenters. The maximum absolute atomic E-state index is 10.3. The maximum atomic E-state index is 10.3. The van der Waals surface area contributed by atoms with Crippen molar-refractivity contribution in [2.75, 3.05) is 0 Å². The fourth-order valence-corrected chi connectivity index (χ4v) is 11.1. The summed E-state index contributed by atoms with van der Waals surface area (Å²) in [6.45, 7) is 10.2. The van der Waals surface area contributed by atoms with E-state index >= 15 is 0 Å². The Bertz CT molecular complexity index is 1130. The Morgan fingerprint density at radius 3 is 1.22 bits per heavy atom. The molecule has 0 amide bonds. The summed E-state index contributed by atoms with van der Waals surface area (Å²) in [6, 6.07) is 34.5. The van der Waals surface area contributed by atoms with E-state index in [9.17, 15) is 9.90 Å². The Balaban J connectivity index is 0.000000275. The quantitative estimate of drug-likeness (QED) is 0.286. The topological polar surface area (TPSA) is 40.1 Å². The molecule has 36 heavy (non-hydrogen) atoms. The van der Waals surface area contributed by atoms with Crippen molar-refractivity contribution in [1.29, 1.82) is 0 Å². The molecule has 0 saturated carbocycles. The van der Waals surface area contributed by atoms with Crippen molar-refractivity contribution in [2.24, 2.45) is 0 Å². The molecule has 0 unspecified atom stereocenters. The minimum atomic E-state index is -2.11. The molecular formula is C33H34O2Sn. The normalized spacial score (nSPS) is 10.2. The summed E-state index contributed by atoms with van der Waals surface area (Å²) in [7, 11) is 0. The van der Waals surface area contributed by atoms with Gasteiger partial charge in [0, 0.05) is 0 Å². The number of aromatic carboxylic acids is 1. The van der Waals surface area contributed by atoms with Crippen LogP contribution < -0.4 is 15.8 Å². The van der Waals surface area contributed by atoms with Crippen LogP contribution in [0.15, 0.2) is 104 Å². The number of rotatable bonds is 8. The number of benzene rings is 4. The van der Waals surface area contributed by atoms with Gasteiger partial charge in [-0.2, -0.15) is 0 Å². The van der Waals surface area contributed by atoms with Crippen LogP contribution in [0.2, 0.25) is 0 Å². The van der Waals surface area contributed by atoms with Crippen molar-refractivity contribution in [3.05, 3.63) is 131 Å². The van der Waals surface area contributed by atoms with Crippen LogP contribution in [0.25, 0.3) is 6.08 Å². The molecule has 0 saturated heterocycles. The zero-order valence-electron chi connectivity index (χ0n) is 21.5. The zero-order valence-corrected chi connectivity index (χ0v) is 24.3. The third-order valence-electron chi connectivity index (χ3n) is 6.33. The average molecular weight is 581 g/mol. The molecule has 0 N–H and O–H groups in total. The van der Waals surface area contributed by atoms with E-state index in [4.69, 9.17) is 0 Å². The van der Waals surface area contributed by atoms with E-state index in [0.717, 1.165) is 24.8 Å². The molecule has 4 aromatic carbocycles. The monoisotopic (exact) mass is 582 g/mol. The average Bonchev–Trinajstić information content (AvgIpc) is 2.94. The summed E-state index contributed by atoms with van der Waals surface area (Å²) in [5.41, 5.74) is 5.36. The first-order chi connectivity index (χ1) is 17.5. The number of hydrogen-bond donors (Lipinski definition) is 0.